The van der Waals surface area contributed by atoms with Crippen molar-refractivity contribution in [3.05, 3.63) is 97.1 Å². The van der Waals surface area contributed by atoms with Crippen molar-refractivity contribution in [3.63, 3.8) is 0 Å². The van der Waals surface area contributed by atoms with E-state index in [4.69, 9.17) is 14.0 Å². The summed E-state index contributed by atoms with van der Waals surface area (Å²) in [7, 11) is -2.43. The number of hydrogen-bond donors (Lipinski definition) is 2. The van der Waals surface area contributed by atoms with Gasteiger partial charge in [0.15, 0.2) is 0 Å². The first-order valence-corrected chi connectivity index (χ1v) is 22.6. The van der Waals surface area contributed by atoms with Gasteiger partial charge in [0.2, 0.25) is 0 Å². The van der Waals surface area contributed by atoms with Crippen LogP contribution in [0.4, 0.5) is 5.69 Å². The van der Waals surface area contributed by atoms with Gasteiger partial charge in [-0.3, -0.25) is 4.55 Å². The molecule has 0 amide bonds. The summed E-state index contributed by atoms with van der Waals surface area (Å²) in [5, 5.41) is 4.81. The van der Waals surface area contributed by atoms with Crippen LogP contribution >= 0.6 is 7.92 Å². The molecular weight excluding hydrogens is 792 g/mol. The van der Waals surface area contributed by atoms with E-state index < -0.39 is 18.0 Å². The van der Waals surface area contributed by atoms with E-state index in [0.717, 1.165) is 34.1 Å². The Balaban J connectivity index is 0.000000312. The molecule has 4 aromatic rings. The van der Waals surface area contributed by atoms with E-state index in [1.807, 2.05) is 37.4 Å². The molecule has 0 radical (unpaired) electrons. The van der Waals surface area contributed by atoms with Gasteiger partial charge in [0.05, 0.1) is 35.3 Å². The van der Waals surface area contributed by atoms with Crippen LogP contribution in [0.2, 0.25) is 0 Å². The van der Waals surface area contributed by atoms with Crippen LogP contribution in [-0.2, 0) is 30.5 Å². The Bertz CT molecular complexity index is 1700. The molecule has 0 spiro atoms. The maximum atomic E-state index is 9.19. The zero-order valence-electron chi connectivity index (χ0n) is 32.3. The van der Waals surface area contributed by atoms with E-state index in [1.165, 1.54) is 80.9 Å². The van der Waals surface area contributed by atoms with Crippen LogP contribution in [0.25, 0.3) is 22.3 Å². The molecule has 0 heterocycles. The minimum absolute atomic E-state index is 0. The van der Waals surface area contributed by atoms with E-state index in [9.17, 15) is 8.42 Å². The summed E-state index contributed by atoms with van der Waals surface area (Å²) in [5.74, 6) is 1.92. The van der Waals surface area contributed by atoms with Crippen molar-refractivity contribution in [2.75, 3.05) is 18.6 Å². The minimum atomic E-state index is -3.67. The fourth-order valence-electron chi connectivity index (χ4n) is 7.53. The second-order valence-electron chi connectivity index (χ2n) is 14.4. The van der Waals surface area contributed by atoms with Gasteiger partial charge in [-0.1, -0.05) is 60.9 Å². The van der Waals surface area contributed by atoms with Crippen molar-refractivity contribution in [1.29, 1.82) is 0 Å². The average molecular weight is 852 g/mol. The summed E-state index contributed by atoms with van der Waals surface area (Å²) < 4.78 is 38.6. The fraction of sp³-hybridized carbons (Fsp3) is 0.455. The Morgan fingerprint density at radius 1 is 0.698 bits per heavy atom. The molecule has 2 fully saturated rings. The molecule has 2 saturated carbocycles. The normalized spacial score (nSPS) is 15.1. The number of benzene rings is 4. The Labute approximate surface area is 335 Å². The van der Waals surface area contributed by atoms with Gasteiger partial charge in [-0.15, -0.1) is 35.9 Å². The van der Waals surface area contributed by atoms with Crippen LogP contribution < -0.4 is 20.1 Å². The first kappa shape index (κ1) is 44.7. The molecule has 6 rings (SSSR count). The number of ether oxygens (including phenoxy) is 2. The van der Waals surface area contributed by atoms with Crippen LogP contribution in [0.15, 0.2) is 91.0 Å². The van der Waals surface area contributed by atoms with Gasteiger partial charge >= 0.3 is 0 Å². The fourth-order valence-corrected chi connectivity index (χ4v) is 11.9. The molecule has 0 unspecified atom stereocenters. The summed E-state index contributed by atoms with van der Waals surface area (Å²) in [6.45, 7) is 8.46. The molecule has 2 N–H and O–H groups in total. The standard InChI is InChI=1S/C30H43O2P.C13H12N.CH4O3S.Pd/c1-22(2)31-27-19-13-20-28(32-23(3)4)30(27)26-18-11-12-21-29(26)33(24-14-7-5-8-15-24)25-16-9-6-10-17-25;1-14-13-10-6-5-9-12(13)11-7-3-2-4-8-11;1-5(2,3)4;/h11-13,18-25H,5-10,14-17H2,1-4H3;2-7,9-10,14H,1H3;1H3,(H,2,3,4);/q;-1;;/p+1. The monoisotopic (exact) mass is 851 g/mol. The van der Waals surface area contributed by atoms with E-state index in [0.29, 0.717) is 6.26 Å². The summed E-state index contributed by atoms with van der Waals surface area (Å²) in [4.78, 5) is 0. The first-order valence-electron chi connectivity index (χ1n) is 19.0. The van der Waals surface area contributed by atoms with Gasteiger partial charge in [-0.25, -0.2) is 0 Å². The van der Waals surface area contributed by atoms with Crippen LogP contribution in [0.5, 0.6) is 11.5 Å². The molecule has 2 aliphatic rings. The quantitative estimate of drug-likeness (QED) is 0.0715. The molecule has 0 bridgehead atoms. The number of para-hydroxylation sites is 1. The van der Waals surface area contributed by atoms with Crippen molar-refractivity contribution in [1.82, 2.24) is 0 Å². The summed E-state index contributed by atoms with van der Waals surface area (Å²) in [6.07, 6.45) is 15.2. The van der Waals surface area contributed by atoms with Crippen LogP contribution in [0, 0.1) is 6.07 Å². The third-order valence-electron chi connectivity index (χ3n) is 9.51. The maximum absolute atomic E-state index is 9.19. The molecule has 9 heteroatoms. The van der Waals surface area contributed by atoms with Gasteiger partial charge in [-0.05, 0) is 109 Å². The van der Waals surface area contributed by atoms with Gasteiger partial charge in [-0.2, -0.15) is 8.42 Å². The van der Waals surface area contributed by atoms with Crippen LogP contribution in [0.3, 0.4) is 0 Å². The molecule has 292 valence electrons. The zero-order chi connectivity index (χ0) is 37.5. The Hall–Kier alpha value is -2.72. The van der Waals surface area contributed by atoms with Gasteiger partial charge < -0.3 is 14.8 Å². The van der Waals surface area contributed by atoms with Crippen molar-refractivity contribution in [2.24, 2.45) is 0 Å². The molecule has 53 heavy (non-hydrogen) atoms. The smallest absolute Gasteiger partial charge is 0.261 e. The van der Waals surface area contributed by atoms with Crippen LogP contribution in [0.1, 0.15) is 91.9 Å². The van der Waals surface area contributed by atoms with Crippen molar-refractivity contribution >= 4 is 29.0 Å². The van der Waals surface area contributed by atoms with E-state index >= 15 is 0 Å². The van der Waals surface area contributed by atoms with Gasteiger partial charge in [0.1, 0.15) is 16.8 Å². The largest absolute Gasteiger partial charge is 0.490 e. The Morgan fingerprint density at radius 2 is 1.17 bits per heavy atom. The van der Waals surface area contributed by atoms with Crippen molar-refractivity contribution in [2.45, 2.75) is 115 Å². The number of nitrogens with one attached hydrogen (secondary N) is 1. The van der Waals surface area contributed by atoms with Crippen molar-refractivity contribution in [3.8, 4) is 33.8 Å². The number of rotatable bonds is 10. The predicted molar refractivity (Wildman–Crippen MR) is 223 cm³/mol. The second-order valence-corrected chi connectivity index (χ2v) is 19.0. The first-order chi connectivity index (χ1) is 25.0. The molecular formula is C44H60NO5PPdS. The van der Waals surface area contributed by atoms with Crippen LogP contribution in [-0.4, -0.2) is 49.8 Å². The minimum Gasteiger partial charge on any atom is -0.490 e. The van der Waals surface area contributed by atoms with Crippen molar-refractivity contribution < 1.29 is 42.9 Å². The van der Waals surface area contributed by atoms with E-state index in [1.54, 1.807) is 5.30 Å². The molecule has 4 aromatic carbocycles. The van der Waals surface area contributed by atoms with Gasteiger partial charge in [0.25, 0.3) is 10.1 Å². The zero-order valence-corrected chi connectivity index (χ0v) is 35.7. The molecule has 0 aromatic heterocycles. The molecule has 0 atom stereocenters. The number of anilines is 1. The number of hydrogen-bond acceptors (Lipinski definition) is 5. The predicted octanol–water partition coefficient (Wildman–Crippen LogP) is 11.1. The summed E-state index contributed by atoms with van der Waals surface area (Å²) >= 11 is 0. The Morgan fingerprint density at radius 3 is 1.64 bits per heavy atom. The third kappa shape index (κ3) is 14.5. The SMILES string of the molecule is CC(C)Oc1cccc(OC(C)C)c1-c1ccccc1[PH+](C1CCCCC1)C1CCCCC1.CNc1ccccc1-c1[c-]cccc1.CS(=O)(=O)O.[Pd]. The second kappa shape index (κ2) is 22.6. The van der Waals surface area contributed by atoms with E-state index in [2.05, 4.69) is 99.7 Å². The maximum Gasteiger partial charge on any atom is 0.261 e. The van der Waals surface area contributed by atoms with E-state index in [-0.39, 0.29) is 32.6 Å². The summed E-state index contributed by atoms with van der Waals surface area (Å²) in [5.41, 5.74) is 7.79. The molecule has 6 nitrogen and oxygen atoms in total. The topological polar surface area (TPSA) is 84.9 Å². The molecule has 0 saturated heterocycles. The van der Waals surface area contributed by atoms with Gasteiger partial charge in [0, 0.05) is 41.0 Å². The summed E-state index contributed by atoms with van der Waals surface area (Å²) in [6, 6.07) is 35.1. The average Bonchev–Trinajstić information content (AvgIpc) is 3.13. The Kier molecular flexibility index (Phi) is 19.1. The molecule has 0 aliphatic heterocycles. The third-order valence-corrected chi connectivity index (χ3v) is 13.5. The molecule has 2 aliphatic carbocycles.